The maximum absolute atomic E-state index is 10.7. The maximum atomic E-state index is 10.7. The van der Waals surface area contributed by atoms with Crippen LogP contribution >= 0.6 is 0 Å². The molecule has 5 nitrogen and oxygen atoms in total. The number of benzene rings is 1. The van der Waals surface area contributed by atoms with E-state index in [1.54, 1.807) is 6.07 Å². The molecular formula is C15H13NO4. The van der Waals surface area contributed by atoms with E-state index in [0.717, 1.165) is 16.7 Å². The van der Waals surface area contributed by atoms with Gasteiger partial charge in [-0.25, -0.2) is 9.78 Å². The van der Waals surface area contributed by atoms with Crippen LogP contribution in [0.1, 0.15) is 22.5 Å². The second kappa shape index (κ2) is 5.97. The molecule has 0 amide bonds. The fourth-order valence-electron chi connectivity index (χ4n) is 1.81. The van der Waals surface area contributed by atoms with Crippen LogP contribution in [0.15, 0.2) is 42.6 Å². The molecule has 1 heterocycles. The number of aromatic carboxylic acids is 1. The van der Waals surface area contributed by atoms with E-state index in [-0.39, 0.29) is 12.1 Å². The molecule has 0 spiro atoms. The fraction of sp³-hybridized carbons (Fsp3) is 0.133. The van der Waals surface area contributed by atoms with E-state index in [9.17, 15) is 9.59 Å². The molecule has 0 saturated heterocycles. The minimum atomic E-state index is -1.06. The van der Waals surface area contributed by atoms with Gasteiger partial charge < -0.3 is 10.2 Å². The van der Waals surface area contributed by atoms with Crippen molar-refractivity contribution in [2.75, 3.05) is 0 Å². The van der Waals surface area contributed by atoms with Crippen molar-refractivity contribution < 1.29 is 19.8 Å². The van der Waals surface area contributed by atoms with Crippen molar-refractivity contribution >= 4 is 11.9 Å². The van der Waals surface area contributed by atoms with Crippen LogP contribution in [0.5, 0.6) is 0 Å². The van der Waals surface area contributed by atoms with Crippen molar-refractivity contribution in [3.8, 4) is 11.1 Å². The zero-order valence-electron chi connectivity index (χ0n) is 10.6. The second-order valence-corrected chi connectivity index (χ2v) is 4.33. The summed E-state index contributed by atoms with van der Waals surface area (Å²) in [5, 5.41) is 17.4. The Labute approximate surface area is 115 Å². The number of aryl methyl sites for hydroxylation is 1. The molecule has 0 bridgehead atoms. The zero-order valence-corrected chi connectivity index (χ0v) is 10.6. The van der Waals surface area contributed by atoms with Crippen molar-refractivity contribution in [2.45, 2.75) is 12.8 Å². The van der Waals surface area contributed by atoms with Crippen LogP contribution in [-0.2, 0) is 11.2 Å². The van der Waals surface area contributed by atoms with Crippen LogP contribution in [0.25, 0.3) is 11.1 Å². The maximum Gasteiger partial charge on any atom is 0.354 e. The summed E-state index contributed by atoms with van der Waals surface area (Å²) in [6.07, 6.45) is 2.11. The van der Waals surface area contributed by atoms with E-state index in [1.165, 1.54) is 12.3 Å². The highest BCUT2D eigenvalue weighted by atomic mass is 16.4. The summed E-state index contributed by atoms with van der Waals surface area (Å²) in [4.78, 5) is 25.1. The van der Waals surface area contributed by atoms with Crippen LogP contribution in [0.2, 0.25) is 0 Å². The van der Waals surface area contributed by atoms with Crippen LogP contribution in [-0.4, -0.2) is 27.1 Å². The molecule has 0 aliphatic heterocycles. The van der Waals surface area contributed by atoms with Gasteiger partial charge in [-0.2, -0.15) is 0 Å². The predicted molar refractivity (Wildman–Crippen MR) is 72.6 cm³/mol. The quantitative estimate of drug-likeness (QED) is 0.872. The van der Waals surface area contributed by atoms with Gasteiger partial charge in [0, 0.05) is 18.2 Å². The monoisotopic (exact) mass is 271 g/mol. The molecule has 0 atom stereocenters. The van der Waals surface area contributed by atoms with E-state index in [1.807, 2.05) is 24.3 Å². The minimum Gasteiger partial charge on any atom is -0.481 e. The Morgan fingerprint density at radius 2 is 1.60 bits per heavy atom. The number of carbonyl (C=O) groups is 2. The molecule has 5 heteroatoms. The van der Waals surface area contributed by atoms with Crippen molar-refractivity contribution in [3.63, 3.8) is 0 Å². The van der Waals surface area contributed by atoms with Gasteiger partial charge in [0.25, 0.3) is 0 Å². The summed E-state index contributed by atoms with van der Waals surface area (Å²) in [6, 6.07) is 10.6. The number of hydrogen-bond acceptors (Lipinski definition) is 3. The topological polar surface area (TPSA) is 87.5 Å². The number of nitrogens with zero attached hydrogens (tertiary/aromatic N) is 1. The molecule has 2 N–H and O–H groups in total. The molecule has 20 heavy (non-hydrogen) atoms. The molecule has 2 rings (SSSR count). The van der Waals surface area contributed by atoms with E-state index < -0.39 is 11.9 Å². The lowest BCUT2D eigenvalue weighted by Crippen LogP contribution is -1.99. The largest absolute Gasteiger partial charge is 0.481 e. The fourth-order valence-corrected chi connectivity index (χ4v) is 1.81. The molecule has 0 saturated carbocycles. The summed E-state index contributed by atoms with van der Waals surface area (Å²) in [6.45, 7) is 0. The van der Waals surface area contributed by atoms with Crippen LogP contribution < -0.4 is 0 Å². The van der Waals surface area contributed by atoms with Gasteiger partial charge in [-0.3, -0.25) is 4.79 Å². The molecule has 0 aliphatic carbocycles. The number of aromatic nitrogens is 1. The summed E-state index contributed by atoms with van der Waals surface area (Å²) in [7, 11) is 0. The molecule has 1 aromatic carbocycles. The van der Waals surface area contributed by atoms with Gasteiger partial charge in [-0.1, -0.05) is 30.3 Å². The first kappa shape index (κ1) is 13.7. The number of aliphatic carboxylic acids is 1. The van der Waals surface area contributed by atoms with Crippen molar-refractivity contribution in [3.05, 3.63) is 53.9 Å². The molecule has 0 radical (unpaired) electrons. The van der Waals surface area contributed by atoms with Gasteiger partial charge in [0.05, 0.1) is 0 Å². The number of hydrogen-bond donors (Lipinski definition) is 2. The van der Waals surface area contributed by atoms with E-state index in [4.69, 9.17) is 10.2 Å². The van der Waals surface area contributed by atoms with Crippen LogP contribution in [0.4, 0.5) is 0 Å². The number of carboxylic acid groups (broad SMARTS) is 2. The van der Waals surface area contributed by atoms with Gasteiger partial charge in [-0.15, -0.1) is 0 Å². The second-order valence-electron chi connectivity index (χ2n) is 4.33. The van der Waals surface area contributed by atoms with Gasteiger partial charge in [-0.05, 0) is 23.6 Å². The molecule has 2 aromatic rings. The SMILES string of the molecule is O=C(O)CCc1ccc(-c2ccc(C(=O)O)nc2)cc1. The first-order valence-electron chi connectivity index (χ1n) is 6.07. The van der Waals surface area contributed by atoms with Crippen molar-refractivity contribution in [1.29, 1.82) is 0 Å². The Bertz CT molecular complexity index is 617. The molecule has 0 fully saturated rings. The molecule has 102 valence electrons. The summed E-state index contributed by atoms with van der Waals surface area (Å²) >= 11 is 0. The molecule has 0 unspecified atom stereocenters. The van der Waals surface area contributed by atoms with Gasteiger partial charge in [0.2, 0.25) is 0 Å². The normalized spacial score (nSPS) is 10.2. The number of carboxylic acids is 2. The lowest BCUT2D eigenvalue weighted by Gasteiger charge is -2.04. The Balaban J connectivity index is 2.13. The summed E-state index contributed by atoms with van der Waals surface area (Å²) in [5.41, 5.74) is 2.69. The van der Waals surface area contributed by atoms with Gasteiger partial charge >= 0.3 is 11.9 Å². The smallest absolute Gasteiger partial charge is 0.354 e. The van der Waals surface area contributed by atoms with E-state index in [2.05, 4.69) is 4.98 Å². The third-order valence-corrected chi connectivity index (χ3v) is 2.90. The Morgan fingerprint density at radius 3 is 2.10 bits per heavy atom. The van der Waals surface area contributed by atoms with E-state index >= 15 is 0 Å². The third-order valence-electron chi connectivity index (χ3n) is 2.90. The zero-order chi connectivity index (χ0) is 14.5. The molecule has 0 aliphatic rings. The Hall–Kier alpha value is -2.69. The first-order valence-corrected chi connectivity index (χ1v) is 6.07. The van der Waals surface area contributed by atoms with Crippen LogP contribution in [0.3, 0.4) is 0 Å². The number of rotatable bonds is 5. The van der Waals surface area contributed by atoms with Crippen molar-refractivity contribution in [1.82, 2.24) is 4.98 Å². The highest BCUT2D eigenvalue weighted by Crippen LogP contribution is 2.19. The third kappa shape index (κ3) is 3.41. The van der Waals surface area contributed by atoms with Gasteiger partial charge in [0.15, 0.2) is 0 Å². The lowest BCUT2D eigenvalue weighted by atomic mass is 10.0. The predicted octanol–water partition coefficient (Wildman–Crippen LogP) is 2.46. The highest BCUT2D eigenvalue weighted by molar-refractivity contribution is 5.85. The van der Waals surface area contributed by atoms with Crippen LogP contribution in [0, 0.1) is 0 Å². The summed E-state index contributed by atoms with van der Waals surface area (Å²) < 4.78 is 0. The van der Waals surface area contributed by atoms with Crippen molar-refractivity contribution in [2.24, 2.45) is 0 Å². The summed E-state index contributed by atoms with van der Waals surface area (Å²) in [5.74, 6) is -1.87. The molecule has 1 aromatic heterocycles. The Kier molecular flexibility index (Phi) is 4.10. The average Bonchev–Trinajstić information content (AvgIpc) is 2.46. The molecular weight excluding hydrogens is 258 g/mol. The minimum absolute atomic E-state index is 0.00632. The van der Waals surface area contributed by atoms with Gasteiger partial charge in [0.1, 0.15) is 5.69 Å². The average molecular weight is 271 g/mol. The Morgan fingerprint density at radius 1 is 0.950 bits per heavy atom. The highest BCUT2D eigenvalue weighted by Gasteiger charge is 2.05. The first-order chi connectivity index (χ1) is 9.56. The lowest BCUT2D eigenvalue weighted by molar-refractivity contribution is -0.136. The number of pyridine rings is 1. The van der Waals surface area contributed by atoms with E-state index in [0.29, 0.717) is 6.42 Å². The standard InChI is InChI=1S/C15H13NO4/c17-14(18)8-3-10-1-4-11(5-2-10)12-6-7-13(15(19)20)16-9-12/h1-2,4-7,9H,3,8H2,(H,17,18)(H,19,20).